The number of H-pyrrole nitrogens is 1. The van der Waals surface area contributed by atoms with Crippen molar-refractivity contribution >= 4 is 22.9 Å². The molecule has 1 fully saturated rings. The first-order valence-electron chi connectivity index (χ1n) is 8.88. The van der Waals surface area contributed by atoms with Gasteiger partial charge in [0.2, 0.25) is 0 Å². The number of hydrogen-bond acceptors (Lipinski definition) is 2. The highest BCUT2D eigenvalue weighted by atomic mass is 16.4. The predicted molar refractivity (Wildman–Crippen MR) is 96.9 cm³/mol. The second-order valence-corrected chi connectivity index (χ2v) is 6.70. The number of rotatable bonds is 5. The minimum atomic E-state index is -0.829. The van der Waals surface area contributed by atoms with Crippen LogP contribution in [0.1, 0.15) is 42.9 Å². The van der Waals surface area contributed by atoms with E-state index >= 15 is 0 Å². The van der Waals surface area contributed by atoms with Crippen molar-refractivity contribution in [3.05, 3.63) is 35.5 Å². The number of amides is 2. The number of fused-ring (bicyclic) bond motifs is 1. The molecule has 6 heteroatoms. The maximum Gasteiger partial charge on any atom is 0.317 e. The van der Waals surface area contributed by atoms with E-state index in [-0.39, 0.29) is 12.5 Å². The average Bonchev–Trinajstić information content (AvgIpc) is 2.94. The zero-order valence-corrected chi connectivity index (χ0v) is 14.5. The number of benzene rings is 1. The number of hydrogen-bond donors (Lipinski definition) is 3. The van der Waals surface area contributed by atoms with Gasteiger partial charge in [0.25, 0.3) is 0 Å². The van der Waals surface area contributed by atoms with Gasteiger partial charge in [0.15, 0.2) is 0 Å². The summed E-state index contributed by atoms with van der Waals surface area (Å²) in [5.41, 5.74) is 3.78. The third-order valence-electron chi connectivity index (χ3n) is 4.98. The van der Waals surface area contributed by atoms with Gasteiger partial charge >= 0.3 is 12.0 Å². The summed E-state index contributed by atoms with van der Waals surface area (Å²) in [6, 6.07) is 8.29. The lowest BCUT2D eigenvalue weighted by atomic mass is 9.87. The Morgan fingerprint density at radius 2 is 2.00 bits per heavy atom. The summed E-state index contributed by atoms with van der Waals surface area (Å²) < 4.78 is 0. The number of carbonyl (C=O) groups is 2. The third kappa shape index (κ3) is 3.95. The number of aliphatic carboxylic acids is 1. The molecule has 0 bridgehead atoms. The van der Waals surface area contributed by atoms with Crippen LogP contribution in [-0.2, 0) is 4.79 Å². The summed E-state index contributed by atoms with van der Waals surface area (Å²) in [6.45, 7) is 3.99. The van der Waals surface area contributed by atoms with Gasteiger partial charge in [0, 0.05) is 42.7 Å². The molecule has 0 saturated carbocycles. The molecule has 1 saturated heterocycles. The van der Waals surface area contributed by atoms with E-state index in [1.165, 1.54) is 22.2 Å². The molecule has 2 aromatic rings. The van der Waals surface area contributed by atoms with Gasteiger partial charge in [0.1, 0.15) is 0 Å². The van der Waals surface area contributed by atoms with Crippen molar-refractivity contribution in [2.45, 2.75) is 38.5 Å². The van der Waals surface area contributed by atoms with Crippen molar-refractivity contribution in [1.29, 1.82) is 0 Å². The molecule has 1 aliphatic heterocycles. The van der Waals surface area contributed by atoms with Crippen LogP contribution in [-0.4, -0.2) is 46.6 Å². The normalized spacial score (nSPS) is 15.5. The van der Waals surface area contributed by atoms with Crippen molar-refractivity contribution in [1.82, 2.24) is 15.2 Å². The number of aromatic nitrogens is 1. The molecule has 0 unspecified atom stereocenters. The van der Waals surface area contributed by atoms with Crippen LogP contribution in [0, 0.1) is 6.92 Å². The monoisotopic (exact) mass is 343 g/mol. The number of carbonyl (C=O) groups excluding carboxylic acids is 1. The van der Waals surface area contributed by atoms with Gasteiger partial charge in [0.05, 0.1) is 0 Å². The molecule has 6 nitrogen and oxygen atoms in total. The van der Waals surface area contributed by atoms with Crippen LogP contribution in [0.3, 0.4) is 0 Å². The van der Waals surface area contributed by atoms with E-state index in [1.54, 1.807) is 0 Å². The smallest absolute Gasteiger partial charge is 0.317 e. The zero-order valence-electron chi connectivity index (χ0n) is 14.5. The van der Waals surface area contributed by atoms with E-state index in [4.69, 9.17) is 5.11 Å². The molecule has 0 radical (unpaired) electrons. The van der Waals surface area contributed by atoms with E-state index in [0.29, 0.717) is 18.9 Å². The van der Waals surface area contributed by atoms with Crippen molar-refractivity contribution in [2.24, 2.45) is 0 Å². The molecule has 2 amide bonds. The quantitative estimate of drug-likeness (QED) is 0.729. The Bertz CT molecular complexity index is 760. The Hall–Kier alpha value is -2.50. The third-order valence-corrected chi connectivity index (χ3v) is 4.98. The van der Waals surface area contributed by atoms with Crippen molar-refractivity contribution in [3.8, 4) is 0 Å². The average molecular weight is 343 g/mol. The van der Waals surface area contributed by atoms with Gasteiger partial charge in [-0.15, -0.1) is 0 Å². The fraction of sp³-hybridized carbons (Fsp3) is 0.474. The van der Waals surface area contributed by atoms with E-state index in [1.807, 2.05) is 11.0 Å². The highest BCUT2D eigenvalue weighted by molar-refractivity contribution is 5.85. The second-order valence-electron chi connectivity index (χ2n) is 6.70. The van der Waals surface area contributed by atoms with Gasteiger partial charge in [-0.2, -0.15) is 0 Å². The molecule has 3 N–H and O–H groups in total. The molecule has 1 aromatic heterocycles. The lowest BCUT2D eigenvalue weighted by molar-refractivity contribution is -0.137. The van der Waals surface area contributed by atoms with Crippen LogP contribution in [0.4, 0.5) is 4.79 Å². The number of para-hydroxylation sites is 1. The SMILES string of the molecule is Cc1[nH]c2ccccc2c1C1CCN(C(=O)NCCCC(=O)O)CC1. The Kier molecular flexibility index (Phi) is 5.26. The molecule has 0 aliphatic carbocycles. The molecule has 2 heterocycles. The zero-order chi connectivity index (χ0) is 17.8. The Labute approximate surface area is 147 Å². The van der Waals surface area contributed by atoms with Crippen LogP contribution >= 0.6 is 0 Å². The first kappa shape index (κ1) is 17.3. The van der Waals surface area contributed by atoms with Crippen LogP contribution in [0.25, 0.3) is 10.9 Å². The molecule has 3 rings (SSSR count). The highest BCUT2D eigenvalue weighted by Crippen LogP contribution is 2.35. The Morgan fingerprint density at radius 3 is 2.72 bits per heavy atom. The second kappa shape index (κ2) is 7.59. The van der Waals surface area contributed by atoms with Gasteiger partial charge < -0.3 is 20.3 Å². The standard InChI is InChI=1S/C19H25N3O3/c1-13-18(15-5-2-3-6-16(15)21-13)14-8-11-22(12-9-14)19(25)20-10-4-7-17(23)24/h2-3,5-6,14,21H,4,7-12H2,1H3,(H,20,25)(H,23,24). The van der Waals surface area contributed by atoms with Gasteiger partial charge in [-0.1, -0.05) is 18.2 Å². The van der Waals surface area contributed by atoms with E-state index in [9.17, 15) is 9.59 Å². The summed E-state index contributed by atoms with van der Waals surface area (Å²) in [5, 5.41) is 12.7. The Morgan fingerprint density at radius 1 is 1.28 bits per heavy atom. The number of likely N-dealkylation sites (tertiary alicyclic amines) is 1. The van der Waals surface area contributed by atoms with E-state index in [2.05, 4.69) is 35.4 Å². The number of nitrogens with one attached hydrogen (secondary N) is 2. The van der Waals surface area contributed by atoms with E-state index in [0.717, 1.165) is 25.9 Å². The number of aromatic amines is 1. The van der Waals surface area contributed by atoms with Crippen molar-refractivity contribution in [3.63, 3.8) is 0 Å². The minimum Gasteiger partial charge on any atom is -0.481 e. The highest BCUT2D eigenvalue weighted by Gasteiger charge is 2.26. The topological polar surface area (TPSA) is 85.4 Å². The molecule has 134 valence electrons. The Balaban J connectivity index is 1.55. The number of piperidine rings is 1. The maximum absolute atomic E-state index is 12.2. The predicted octanol–water partition coefficient (Wildman–Crippen LogP) is 3.23. The number of aryl methyl sites for hydroxylation is 1. The molecule has 1 aliphatic rings. The molecule has 0 atom stereocenters. The van der Waals surface area contributed by atoms with Gasteiger partial charge in [-0.3, -0.25) is 4.79 Å². The van der Waals surface area contributed by atoms with Crippen LogP contribution in [0.15, 0.2) is 24.3 Å². The van der Waals surface area contributed by atoms with Crippen LogP contribution in [0.5, 0.6) is 0 Å². The summed E-state index contributed by atoms with van der Waals surface area (Å²) in [7, 11) is 0. The molecular formula is C19H25N3O3. The number of urea groups is 1. The largest absolute Gasteiger partial charge is 0.481 e. The fourth-order valence-corrected chi connectivity index (χ4v) is 3.74. The molecule has 0 spiro atoms. The number of carboxylic acids is 1. The number of carboxylic acid groups (broad SMARTS) is 1. The summed E-state index contributed by atoms with van der Waals surface area (Å²) in [5.74, 6) is -0.364. The lowest BCUT2D eigenvalue weighted by Gasteiger charge is -2.32. The number of nitrogens with zero attached hydrogens (tertiary/aromatic N) is 1. The summed E-state index contributed by atoms with van der Waals surface area (Å²) >= 11 is 0. The van der Waals surface area contributed by atoms with E-state index < -0.39 is 5.97 Å². The van der Waals surface area contributed by atoms with Crippen LogP contribution in [0.2, 0.25) is 0 Å². The summed E-state index contributed by atoms with van der Waals surface area (Å²) in [6.07, 6.45) is 2.45. The van der Waals surface area contributed by atoms with Gasteiger partial charge in [-0.25, -0.2) is 4.79 Å². The van der Waals surface area contributed by atoms with Gasteiger partial charge in [-0.05, 0) is 43.7 Å². The molecule has 25 heavy (non-hydrogen) atoms. The molecule has 1 aromatic carbocycles. The van der Waals surface area contributed by atoms with Crippen molar-refractivity contribution in [2.75, 3.05) is 19.6 Å². The first-order chi connectivity index (χ1) is 12.1. The maximum atomic E-state index is 12.2. The minimum absolute atomic E-state index is 0.0838. The lowest BCUT2D eigenvalue weighted by Crippen LogP contribution is -2.44. The van der Waals surface area contributed by atoms with Crippen molar-refractivity contribution < 1.29 is 14.7 Å². The summed E-state index contributed by atoms with van der Waals surface area (Å²) in [4.78, 5) is 28.0. The first-order valence-corrected chi connectivity index (χ1v) is 8.88. The van der Waals surface area contributed by atoms with Crippen LogP contribution < -0.4 is 5.32 Å². The molecular weight excluding hydrogens is 318 g/mol. The fourth-order valence-electron chi connectivity index (χ4n) is 3.74.